The Morgan fingerprint density at radius 2 is 1.96 bits per heavy atom. The molecule has 0 radical (unpaired) electrons. The first-order chi connectivity index (χ1) is 10.8. The lowest BCUT2D eigenvalue weighted by atomic mass is 10.0. The van der Waals surface area contributed by atoms with Crippen molar-refractivity contribution < 1.29 is 14.3 Å². The number of nitrogens with one attached hydrogen (secondary N) is 1. The summed E-state index contributed by atoms with van der Waals surface area (Å²) in [6.45, 7) is 4.32. The van der Waals surface area contributed by atoms with Gasteiger partial charge in [0.2, 0.25) is 0 Å². The highest BCUT2D eigenvalue weighted by Gasteiger charge is 2.13. The molecule has 1 aliphatic rings. The highest BCUT2D eigenvalue weighted by atomic mass is 35.5. The molecule has 0 spiro atoms. The van der Waals surface area contributed by atoms with Crippen molar-refractivity contribution in [1.82, 2.24) is 5.32 Å². The van der Waals surface area contributed by atoms with E-state index in [2.05, 4.69) is 5.32 Å². The summed E-state index contributed by atoms with van der Waals surface area (Å²) in [4.78, 5) is 11.9. The highest BCUT2D eigenvalue weighted by molar-refractivity contribution is 5.94. The van der Waals surface area contributed by atoms with Crippen LogP contribution < -0.4 is 11.1 Å². The van der Waals surface area contributed by atoms with Gasteiger partial charge in [-0.1, -0.05) is 12.1 Å². The zero-order valence-electron chi connectivity index (χ0n) is 13.5. The molecule has 3 N–H and O–H groups in total. The Balaban J connectivity index is 0.00000264. The molecule has 2 rings (SSSR count). The third-order valence-electron chi connectivity index (χ3n) is 3.90. The van der Waals surface area contributed by atoms with Gasteiger partial charge in [0.05, 0.1) is 0 Å². The van der Waals surface area contributed by atoms with Gasteiger partial charge >= 0.3 is 0 Å². The number of carbonyl (C=O) groups is 1. The molecule has 0 bridgehead atoms. The lowest BCUT2D eigenvalue weighted by Crippen LogP contribution is -2.26. The third kappa shape index (κ3) is 7.31. The average molecular weight is 343 g/mol. The van der Waals surface area contributed by atoms with Crippen molar-refractivity contribution in [3.63, 3.8) is 0 Å². The summed E-state index contributed by atoms with van der Waals surface area (Å²) < 4.78 is 11.0. The lowest BCUT2D eigenvalue weighted by molar-refractivity contribution is 0.0202. The smallest absolute Gasteiger partial charge is 0.251 e. The monoisotopic (exact) mass is 342 g/mol. The Morgan fingerprint density at radius 3 is 2.61 bits per heavy atom. The van der Waals surface area contributed by atoms with Crippen molar-refractivity contribution in [1.29, 1.82) is 0 Å². The summed E-state index contributed by atoms with van der Waals surface area (Å²) in [6, 6.07) is 7.37. The molecule has 6 heteroatoms. The topological polar surface area (TPSA) is 73.6 Å². The zero-order valence-corrected chi connectivity index (χ0v) is 14.3. The van der Waals surface area contributed by atoms with Crippen LogP contribution in [-0.4, -0.2) is 38.9 Å². The van der Waals surface area contributed by atoms with E-state index in [1.54, 1.807) is 12.1 Å². The van der Waals surface area contributed by atoms with Gasteiger partial charge in [-0.25, -0.2) is 0 Å². The second-order valence-electron chi connectivity index (χ2n) is 5.64. The van der Waals surface area contributed by atoms with E-state index in [0.717, 1.165) is 44.6 Å². The van der Waals surface area contributed by atoms with Crippen LogP contribution in [0.2, 0.25) is 0 Å². The predicted octanol–water partition coefficient (Wildman–Crippen LogP) is 2.13. The molecule has 1 heterocycles. The van der Waals surface area contributed by atoms with E-state index < -0.39 is 0 Å². The second kappa shape index (κ2) is 11.4. The Bertz CT molecular complexity index is 448. The molecule has 23 heavy (non-hydrogen) atoms. The van der Waals surface area contributed by atoms with E-state index in [9.17, 15) is 4.79 Å². The molecule has 1 aromatic rings. The van der Waals surface area contributed by atoms with Crippen LogP contribution in [0, 0.1) is 5.92 Å². The Kier molecular flexibility index (Phi) is 9.87. The fraction of sp³-hybridized carbons (Fsp3) is 0.588. The number of hydrogen-bond acceptors (Lipinski definition) is 4. The molecule has 5 nitrogen and oxygen atoms in total. The quantitative estimate of drug-likeness (QED) is 0.710. The maximum atomic E-state index is 11.9. The van der Waals surface area contributed by atoms with Gasteiger partial charge in [0, 0.05) is 45.1 Å². The van der Waals surface area contributed by atoms with Crippen LogP contribution in [0.4, 0.5) is 0 Å². The van der Waals surface area contributed by atoms with Crippen molar-refractivity contribution in [2.24, 2.45) is 11.7 Å². The fourth-order valence-electron chi connectivity index (χ4n) is 2.43. The summed E-state index contributed by atoms with van der Waals surface area (Å²) in [7, 11) is 0. The van der Waals surface area contributed by atoms with Crippen LogP contribution in [0.5, 0.6) is 0 Å². The molecule has 0 atom stereocenters. The molecule has 1 amide bonds. The van der Waals surface area contributed by atoms with E-state index in [4.69, 9.17) is 15.2 Å². The van der Waals surface area contributed by atoms with Gasteiger partial charge in [-0.15, -0.1) is 12.4 Å². The SMILES string of the molecule is Cl.NCc1ccc(C(=O)NCCCOCC2CCOCC2)cc1. The van der Waals surface area contributed by atoms with Gasteiger partial charge in [0.1, 0.15) is 0 Å². The number of benzene rings is 1. The normalized spacial score (nSPS) is 15.0. The minimum Gasteiger partial charge on any atom is -0.381 e. The molecule has 0 aromatic heterocycles. The van der Waals surface area contributed by atoms with Crippen LogP contribution in [0.3, 0.4) is 0 Å². The molecule has 1 aromatic carbocycles. The van der Waals surface area contributed by atoms with Crippen molar-refractivity contribution in [3.05, 3.63) is 35.4 Å². The summed E-state index contributed by atoms with van der Waals surface area (Å²) in [5.74, 6) is 0.581. The van der Waals surface area contributed by atoms with Crippen LogP contribution in [-0.2, 0) is 16.0 Å². The van der Waals surface area contributed by atoms with Crippen molar-refractivity contribution >= 4 is 18.3 Å². The number of nitrogens with two attached hydrogens (primary N) is 1. The van der Waals surface area contributed by atoms with E-state index in [1.165, 1.54) is 0 Å². The summed E-state index contributed by atoms with van der Waals surface area (Å²) >= 11 is 0. The third-order valence-corrected chi connectivity index (χ3v) is 3.90. The van der Waals surface area contributed by atoms with Gasteiger partial charge in [-0.3, -0.25) is 4.79 Å². The van der Waals surface area contributed by atoms with Crippen molar-refractivity contribution in [2.45, 2.75) is 25.8 Å². The highest BCUT2D eigenvalue weighted by Crippen LogP contribution is 2.14. The fourth-order valence-corrected chi connectivity index (χ4v) is 2.43. The molecule has 130 valence electrons. The number of carbonyl (C=O) groups excluding carboxylic acids is 1. The number of rotatable bonds is 8. The predicted molar refractivity (Wildman–Crippen MR) is 92.9 cm³/mol. The maximum Gasteiger partial charge on any atom is 0.251 e. The van der Waals surface area contributed by atoms with E-state index in [0.29, 0.717) is 31.2 Å². The second-order valence-corrected chi connectivity index (χ2v) is 5.64. The van der Waals surface area contributed by atoms with Crippen molar-refractivity contribution in [3.8, 4) is 0 Å². The summed E-state index contributed by atoms with van der Waals surface area (Å²) in [6.07, 6.45) is 3.01. The Hall–Kier alpha value is -1.14. The zero-order chi connectivity index (χ0) is 15.6. The molecular formula is C17H27ClN2O3. The number of ether oxygens (including phenoxy) is 2. The Morgan fingerprint density at radius 1 is 1.26 bits per heavy atom. The summed E-state index contributed by atoms with van der Waals surface area (Å²) in [5, 5.41) is 2.90. The molecule has 1 aliphatic heterocycles. The lowest BCUT2D eigenvalue weighted by Gasteiger charge is -2.21. The van der Waals surface area contributed by atoms with Gasteiger partial charge in [0.15, 0.2) is 0 Å². The molecule has 0 saturated carbocycles. The van der Waals surface area contributed by atoms with Crippen LogP contribution in [0.1, 0.15) is 35.2 Å². The number of amides is 1. The molecular weight excluding hydrogens is 316 g/mol. The Labute approximate surface area is 144 Å². The van der Waals surface area contributed by atoms with E-state index >= 15 is 0 Å². The number of hydrogen-bond donors (Lipinski definition) is 2. The average Bonchev–Trinajstić information content (AvgIpc) is 2.58. The maximum absolute atomic E-state index is 11.9. The largest absolute Gasteiger partial charge is 0.381 e. The molecule has 0 unspecified atom stereocenters. The number of halogens is 1. The van der Waals surface area contributed by atoms with Gasteiger partial charge in [-0.2, -0.15) is 0 Å². The standard InChI is InChI=1S/C17H26N2O3.ClH/c18-12-14-2-4-16(5-3-14)17(20)19-8-1-9-22-13-15-6-10-21-11-7-15;/h2-5,15H,1,6-13,18H2,(H,19,20);1H. The first-order valence-electron chi connectivity index (χ1n) is 8.02. The van der Waals surface area contributed by atoms with Crippen molar-refractivity contribution in [2.75, 3.05) is 33.0 Å². The summed E-state index contributed by atoms with van der Waals surface area (Å²) in [5.41, 5.74) is 7.23. The van der Waals surface area contributed by atoms with Crippen LogP contribution in [0.15, 0.2) is 24.3 Å². The van der Waals surface area contributed by atoms with E-state index in [1.807, 2.05) is 12.1 Å². The van der Waals surface area contributed by atoms with Crippen LogP contribution >= 0.6 is 12.4 Å². The van der Waals surface area contributed by atoms with Gasteiger partial charge in [-0.05, 0) is 42.9 Å². The van der Waals surface area contributed by atoms with Gasteiger partial charge < -0.3 is 20.5 Å². The molecule has 1 fully saturated rings. The van der Waals surface area contributed by atoms with E-state index in [-0.39, 0.29) is 18.3 Å². The minimum absolute atomic E-state index is 0. The van der Waals surface area contributed by atoms with Gasteiger partial charge in [0.25, 0.3) is 5.91 Å². The molecule has 0 aliphatic carbocycles. The minimum atomic E-state index is -0.0481. The first kappa shape index (κ1) is 19.9. The molecule has 1 saturated heterocycles. The first-order valence-corrected chi connectivity index (χ1v) is 8.02. The van der Waals surface area contributed by atoms with Crippen LogP contribution in [0.25, 0.3) is 0 Å².